The highest BCUT2D eigenvalue weighted by Crippen LogP contribution is 2.21. The molecule has 1 atom stereocenters. The fourth-order valence-electron chi connectivity index (χ4n) is 2.13. The normalized spacial score (nSPS) is 18.1. The monoisotopic (exact) mass is 317 g/mol. The minimum absolute atomic E-state index is 0.178. The average Bonchev–Trinajstić information content (AvgIpc) is 2.94. The lowest BCUT2D eigenvalue weighted by atomic mass is 10.2. The van der Waals surface area contributed by atoms with Gasteiger partial charge in [0.1, 0.15) is 11.9 Å². The maximum atomic E-state index is 12.1. The number of nitrogens with zero attached hydrogens (tertiary/aromatic N) is 2. The SMILES string of the molecule is O=C(Nc1ccccn1)[C@H]1CCCN1C(=O)OCC(F)(F)F. The Balaban J connectivity index is 1.95. The average molecular weight is 317 g/mol. The number of amides is 2. The number of ether oxygens (including phenoxy) is 1. The highest BCUT2D eigenvalue weighted by Gasteiger charge is 2.37. The number of halogens is 3. The van der Waals surface area contributed by atoms with Crippen molar-refractivity contribution in [2.75, 3.05) is 18.5 Å². The second-order valence-electron chi connectivity index (χ2n) is 4.73. The van der Waals surface area contributed by atoms with E-state index in [0.717, 1.165) is 4.90 Å². The number of rotatable bonds is 3. The van der Waals surface area contributed by atoms with E-state index in [2.05, 4.69) is 15.0 Å². The molecule has 0 bridgehead atoms. The zero-order valence-electron chi connectivity index (χ0n) is 11.5. The molecule has 2 heterocycles. The molecule has 1 aliphatic rings. The van der Waals surface area contributed by atoms with Crippen LogP contribution in [0.2, 0.25) is 0 Å². The summed E-state index contributed by atoms with van der Waals surface area (Å²) in [5.41, 5.74) is 0. The van der Waals surface area contributed by atoms with Crippen LogP contribution in [0.15, 0.2) is 24.4 Å². The first-order valence-electron chi connectivity index (χ1n) is 6.59. The third-order valence-corrected chi connectivity index (χ3v) is 3.07. The van der Waals surface area contributed by atoms with Crippen molar-refractivity contribution >= 4 is 17.8 Å². The molecule has 0 radical (unpaired) electrons. The molecule has 6 nitrogen and oxygen atoms in total. The van der Waals surface area contributed by atoms with Crippen molar-refractivity contribution in [2.24, 2.45) is 0 Å². The van der Waals surface area contributed by atoms with Gasteiger partial charge < -0.3 is 10.1 Å². The van der Waals surface area contributed by atoms with Crippen LogP contribution < -0.4 is 5.32 Å². The molecular weight excluding hydrogens is 303 g/mol. The minimum Gasteiger partial charge on any atom is -0.440 e. The summed E-state index contributed by atoms with van der Waals surface area (Å²) in [5.74, 6) is -0.192. The summed E-state index contributed by atoms with van der Waals surface area (Å²) >= 11 is 0. The molecule has 9 heteroatoms. The lowest BCUT2D eigenvalue weighted by Gasteiger charge is -2.23. The number of carbonyl (C=O) groups is 2. The van der Waals surface area contributed by atoms with Gasteiger partial charge in [-0.1, -0.05) is 6.07 Å². The Kier molecular flexibility index (Phi) is 4.84. The van der Waals surface area contributed by atoms with Gasteiger partial charge in [-0.15, -0.1) is 0 Å². The van der Waals surface area contributed by atoms with E-state index >= 15 is 0 Å². The van der Waals surface area contributed by atoms with E-state index in [1.165, 1.54) is 6.20 Å². The number of aromatic nitrogens is 1. The Morgan fingerprint density at radius 3 is 2.82 bits per heavy atom. The van der Waals surface area contributed by atoms with Crippen LogP contribution in [0.3, 0.4) is 0 Å². The predicted octanol–water partition coefficient (Wildman–Crippen LogP) is 2.18. The van der Waals surface area contributed by atoms with Gasteiger partial charge in [0.15, 0.2) is 6.61 Å². The summed E-state index contributed by atoms with van der Waals surface area (Å²) in [7, 11) is 0. The molecule has 0 unspecified atom stereocenters. The largest absolute Gasteiger partial charge is 0.440 e. The van der Waals surface area contributed by atoms with Crippen LogP contribution in [0.1, 0.15) is 12.8 Å². The van der Waals surface area contributed by atoms with Crippen molar-refractivity contribution in [3.8, 4) is 0 Å². The zero-order valence-corrected chi connectivity index (χ0v) is 11.5. The first kappa shape index (κ1) is 16.1. The maximum Gasteiger partial charge on any atom is 0.422 e. The summed E-state index contributed by atoms with van der Waals surface area (Å²) in [6, 6.07) is 4.06. The van der Waals surface area contributed by atoms with Gasteiger partial charge in [-0.25, -0.2) is 9.78 Å². The number of anilines is 1. The van der Waals surface area contributed by atoms with Gasteiger partial charge in [0.2, 0.25) is 5.91 Å². The quantitative estimate of drug-likeness (QED) is 0.927. The van der Waals surface area contributed by atoms with Gasteiger partial charge in [-0.2, -0.15) is 13.2 Å². The molecule has 2 rings (SSSR count). The molecule has 1 aliphatic heterocycles. The Morgan fingerprint density at radius 1 is 1.41 bits per heavy atom. The fourth-order valence-corrected chi connectivity index (χ4v) is 2.13. The lowest BCUT2D eigenvalue weighted by Crippen LogP contribution is -2.44. The molecule has 0 aromatic carbocycles. The second kappa shape index (κ2) is 6.63. The van der Waals surface area contributed by atoms with Crippen LogP contribution in [0.25, 0.3) is 0 Å². The first-order valence-corrected chi connectivity index (χ1v) is 6.59. The van der Waals surface area contributed by atoms with Crippen molar-refractivity contribution in [3.63, 3.8) is 0 Å². The Hall–Kier alpha value is -2.32. The van der Waals surface area contributed by atoms with Crippen LogP contribution >= 0.6 is 0 Å². The molecule has 1 saturated heterocycles. The van der Waals surface area contributed by atoms with Gasteiger partial charge in [0.25, 0.3) is 0 Å². The molecule has 22 heavy (non-hydrogen) atoms. The standard InChI is InChI=1S/C13H14F3N3O3/c14-13(15,16)8-22-12(21)19-7-3-4-9(19)11(20)18-10-5-1-2-6-17-10/h1-2,5-6,9H,3-4,7-8H2,(H,17,18,20)/t9-/m1/s1. The molecule has 120 valence electrons. The highest BCUT2D eigenvalue weighted by molar-refractivity contribution is 5.96. The van der Waals surface area contributed by atoms with Crippen LogP contribution in [-0.4, -0.2) is 47.3 Å². The first-order chi connectivity index (χ1) is 10.4. The summed E-state index contributed by atoms with van der Waals surface area (Å²) in [6.45, 7) is -1.49. The van der Waals surface area contributed by atoms with E-state index in [0.29, 0.717) is 18.7 Å². The van der Waals surface area contributed by atoms with Crippen molar-refractivity contribution in [3.05, 3.63) is 24.4 Å². The van der Waals surface area contributed by atoms with E-state index in [1.54, 1.807) is 18.2 Å². The smallest absolute Gasteiger partial charge is 0.422 e. The van der Waals surface area contributed by atoms with E-state index in [-0.39, 0.29) is 6.54 Å². The summed E-state index contributed by atoms with van der Waals surface area (Å²) < 4.78 is 40.4. The molecule has 0 aliphatic carbocycles. The number of alkyl halides is 3. The van der Waals surface area contributed by atoms with Crippen molar-refractivity contribution in [2.45, 2.75) is 25.1 Å². The van der Waals surface area contributed by atoms with E-state index in [1.807, 2.05) is 0 Å². The van der Waals surface area contributed by atoms with Crippen molar-refractivity contribution in [1.82, 2.24) is 9.88 Å². The van der Waals surface area contributed by atoms with Crippen molar-refractivity contribution < 1.29 is 27.5 Å². The Bertz CT molecular complexity index is 536. The number of hydrogen-bond donors (Lipinski definition) is 1. The fraction of sp³-hybridized carbons (Fsp3) is 0.462. The lowest BCUT2D eigenvalue weighted by molar-refractivity contribution is -0.162. The number of hydrogen-bond acceptors (Lipinski definition) is 4. The Morgan fingerprint density at radius 2 is 2.18 bits per heavy atom. The number of nitrogens with one attached hydrogen (secondary N) is 1. The van der Waals surface area contributed by atoms with Gasteiger partial charge in [0, 0.05) is 12.7 Å². The molecule has 2 amide bonds. The molecule has 1 N–H and O–H groups in total. The van der Waals surface area contributed by atoms with E-state index in [4.69, 9.17) is 0 Å². The topological polar surface area (TPSA) is 71.5 Å². The molecule has 1 aromatic rings. The van der Waals surface area contributed by atoms with Crippen LogP contribution in [0.4, 0.5) is 23.8 Å². The van der Waals surface area contributed by atoms with E-state index < -0.39 is 30.8 Å². The second-order valence-corrected chi connectivity index (χ2v) is 4.73. The number of likely N-dealkylation sites (tertiary alicyclic amines) is 1. The van der Waals surface area contributed by atoms with Crippen LogP contribution in [-0.2, 0) is 9.53 Å². The number of carbonyl (C=O) groups excluding carboxylic acids is 2. The van der Waals surface area contributed by atoms with Gasteiger partial charge in [-0.05, 0) is 25.0 Å². The summed E-state index contributed by atoms with van der Waals surface area (Å²) in [4.78, 5) is 28.7. The molecular formula is C13H14F3N3O3. The van der Waals surface area contributed by atoms with Gasteiger partial charge in [-0.3, -0.25) is 9.69 Å². The Labute approximate surface area is 124 Å². The van der Waals surface area contributed by atoms with Crippen LogP contribution in [0.5, 0.6) is 0 Å². The summed E-state index contributed by atoms with van der Waals surface area (Å²) in [6.07, 6.45) is -3.38. The van der Waals surface area contributed by atoms with Crippen LogP contribution in [0, 0.1) is 0 Å². The minimum atomic E-state index is -4.60. The zero-order chi connectivity index (χ0) is 16.2. The summed E-state index contributed by atoms with van der Waals surface area (Å²) in [5, 5.41) is 2.52. The van der Waals surface area contributed by atoms with E-state index in [9.17, 15) is 22.8 Å². The number of pyridine rings is 1. The van der Waals surface area contributed by atoms with Gasteiger partial charge in [0.05, 0.1) is 0 Å². The molecule has 0 saturated carbocycles. The molecule has 0 spiro atoms. The van der Waals surface area contributed by atoms with Gasteiger partial charge >= 0.3 is 12.3 Å². The molecule has 1 fully saturated rings. The van der Waals surface area contributed by atoms with Crippen molar-refractivity contribution in [1.29, 1.82) is 0 Å². The maximum absolute atomic E-state index is 12.1. The third-order valence-electron chi connectivity index (χ3n) is 3.07. The predicted molar refractivity (Wildman–Crippen MR) is 70.0 cm³/mol. The highest BCUT2D eigenvalue weighted by atomic mass is 19.4. The third kappa shape index (κ3) is 4.34. The molecule has 1 aromatic heterocycles.